The standard InChI is InChI=1S/C17H25N3O4/c1-11(10-18-16(23)24-17(3,4)5)19-15(22)13-7-6-8-14(9-13)20-12(2)21/h6-9,11H,10H2,1-5H3,(H,18,23)(H,19,22)(H,20,21)/t11-/m0/s1. The van der Waals surface area contributed by atoms with Gasteiger partial charge in [-0.3, -0.25) is 9.59 Å². The van der Waals surface area contributed by atoms with Gasteiger partial charge in [0.25, 0.3) is 5.91 Å². The fraction of sp³-hybridized carbons (Fsp3) is 0.471. The molecule has 1 aromatic rings. The molecule has 0 bridgehead atoms. The Morgan fingerprint density at radius 1 is 1.21 bits per heavy atom. The molecule has 0 heterocycles. The second kappa shape index (κ2) is 8.33. The van der Waals surface area contributed by atoms with E-state index in [1.165, 1.54) is 6.92 Å². The van der Waals surface area contributed by atoms with Crippen LogP contribution in [-0.2, 0) is 9.53 Å². The molecule has 24 heavy (non-hydrogen) atoms. The van der Waals surface area contributed by atoms with E-state index < -0.39 is 11.7 Å². The van der Waals surface area contributed by atoms with Crippen molar-refractivity contribution in [3.63, 3.8) is 0 Å². The number of carbonyl (C=O) groups is 3. The molecule has 3 amide bonds. The van der Waals surface area contributed by atoms with E-state index in [-0.39, 0.29) is 24.4 Å². The van der Waals surface area contributed by atoms with Crippen molar-refractivity contribution in [2.45, 2.75) is 46.3 Å². The van der Waals surface area contributed by atoms with Crippen LogP contribution in [0.15, 0.2) is 24.3 Å². The molecule has 0 unspecified atom stereocenters. The van der Waals surface area contributed by atoms with E-state index >= 15 is 0 Å². The number of hydrogen-bond donors (Lipinski definition) is 3. The van der Waals surface area contributed by atoms with Crippen molar-refractivity contribution in [1.29, 1.82) is 0 Å². The second-order valence-electron chi connectivity index (χ2n) is 6.52. The SMILES string of the molecule is CC(=O)Nc1cccc(C(=O)N[C@@H](C)CNC(=O)OC(C)(C)C)c1. The molecule has 7 heteroatoms. The van der Waals surface area contributed by atoms with Gasteiger partial charge in [0.1, 0.15) is 5.60 Å². The van der Waals surface area contributed by atoms with Gasteiger partial charge in [-0.25, -0.2) is 4.79 Å². The summed E-state index contributed by atoms with van der Waals surface area (Å²) >= 11 is 0. The van der Waals surface area contributed by atoms with Crippen LogP contribution in [0.3, 0.4) is 0 Å². The molecular weight excluding hydrogens is 310 g/mol. The summed E-state index contributed by atoms with van der Waals surface area (Å²) in [5, 5.41) is 8.00. The van der Waals surface area contributed by atoms with Crippen LogP contribution in [-0.4, -0.2) is 36.1 Å². The van der Waals surface area contributed by atoms with Gasteiger partial charge in [0.15, 0.2) is 0 Å². The lowest BCUT2D eigenvalue weighted by Crippen LogP contribution is -2.43. The number of rotatable bonds is 5. The number of benzene rings is 1. The van der Waals surface area contributed by atoms with Crippen LogP contribution >= 0.6 is 0 Å². The van der Waals surface area contributed by atoms with E-state index in [1.54, 1.807) is 52.0 Å². The third-order valence-corrected chi connectivity index (χ3v) is 2.77. The normalized spacial score (nSPS) is 12.0. The molecule has 7 nitrogen and oxygen atoms in total. The maximum atomic E-state index is 12.2. The average molecular weight is 335 g/mol. The number of alkyl carbamates (subject to hydrolysis) is 1. The van der Waals surface area contributed by atoms with Crippen LogP contribution in [0.2, 0.25) is 0 Å². The van der Waals surface area contributed by atoms with Crippen LogP contribution in [0, 0.1) is 0 Å². The van der Waals surface area contributed by atoms with Gasteiger partial charge in [-0.2, -0.15) is 0 Å². The highest BCUT2D eigenvalue weighted by atomic mass is 16.6. The third-order valence-electron chi connectivity index (χ3n) is 2.77. The van der Waals surface area contributed by atoms with Crippen molar-refractivity contribution in [3.05, 3.63) is 29.8 Å². The molecule has 1 aromatic carbocycles. The third kappa shape index (κ3) is 7.62. The first-order valence-electron chi connectivity index (χ1n) is 7.72. The van der Waals surface area contributed by atoms with Crippen molar-refractivity contribution in [2.75, 3.05) is 11.9 Å². The zero-order valence-electron chi connectivity index (χ0n) is 14.7. The van der Waals surface area contributed by atoms with E-state index in [0.717, 1.165) is 0 Å². The predicted molar refractivity (Wildman–Crippen MR) is 91.9 cm³/mol. The Morgan fingerprint density at radius 2 is 1.88 bits per heavy atom. The summed E-state index contributed by atoms with van der Waals surface area (Å²) in [6.07, 6.45) is -0.531. The molecule has 3 N–H and O–H groups in total. The monoisotopic (exact) mass is 335 g/mol. The maximum absolute atomic E-state index is 12.2. The predicted octanol–water partition coefficient (Wildman–Crippen LogP) is 2.29. The fourth-order valence-electron chi connectivity index (χ4n) is 1.85. The summed E-state index contributed by atoms with van der Waals surface area (Å²) in [4.78, 5) is 34.8. The molecule has 0 saturated carbocycles. The fourth-order valence-corrected chi connectivity index (χ4v) is 1.85. The molecule has 0 spiro atoms. The first kappa shape index (κ1) is 19.5. The maximum Gasteiger partial charge on any atom is 0.407 e. The Hall–Kier alpha value is -2.57. The smallest absolute Gasteiger partial charge is 0.407 e. The first-order chi connectivity index (χ1) is 11.1. The van der Waals surface area contributed by atoms with Crippen molar-refractivity contribution in [2.24, 2.45) is 0 Å². The van der Waals surface area contributed by atoms with Crippen LogP contribution in [0.4, 0.5) is 10.5 Å². The lowest BCUT2D eigenvalue weighted by atomic mass is 10.1. The van der Waals surface area contributed by atoms with E-state index in [4.69, 9.17) is 4.74 Å². The molecule has 0 aliphatic rings. The number of nitrogens with one attached hydrogen (secondary N) is 3. The molecule has 0 saturated heterocycles. The van der Waals surface area contributed by atoms with Gasteiger partial charge in [-0.15, -0.1) is 0 Å². The zero-order chi connectivity index (χ0) is 18.3. The largest absolute Gasteiger partial charge is 0.444 e. The Kier molecular flexibility index (Phi) is 6.76. The lowest BCUT2D eigenvalue weighted by molar-refractivity contribution is -0.114. The Balaban J connectivity index is 2.52. The van der Waals surface area contributed by atoms with E-state index in [2.05, 4.69) is 16.0 Å². The molecular formula is C17H25N3O4. The summed E-state index contributed by atoms with van der Waals surface area (Å²) in [5.74, 6) is -0.497. The number of ether oxygens (including phenoxy) is 1. The van der Waals surface area contributed by atoms with Gasteiger partial charge in [0, 0.05) is 30.8 Å². The summed E-state index contributed by atoms with van der Waals surface area (Å²) in [7, 11) is 0. The summed E-state index contributed by atoms with van der Waals surface area (Å²) < 4.78 is 5.13. The Labute approximate surface area is 142 Å². The average Bonchev–Trinajstić information content (AvgIpc) is 2.43. The molecule has 1 rings (SSSR count). The molecule has 0 aromatic heterocycles. The summed E-state index contributed by atoms with van der Waals surface area (Å²) in [6, 6.07) is 6.34. The minimum Gasteiger partial charge on any atom is -0.444 e. The van der Waals surface area contributed by atoms with E-state index in [9.17, 15) is 14.4 Å². The number of anilines is 1. The Morgan fingerprint density at radius 3 is 2.46 bits per heavy atom. The van der Waals surface area contributed by atoms with Crippen molar-refractivity contribution < 1.29 is 19.1 Å². The van der Waals surface area contributed by atoms with Gasteiger partial charge in [0.05, 0.1) is 0 Å². The minimum absolute atomic E-state index is 0.206. The second-order valence-corrected chi connectivity index (χ2v) is 6.52. The van der Waals surface area contributed by atoms with Crippen LogP contribution in [0.25, 0.3) is 0 Å². The van der Waals surface area contributed by atoms with Crippen molar-refractivity contribution in [3.8, 4) is 0 Å². The summed E-state index contributed by atoms with van der Waals surface area (Å²) in [5.41, 5.74) is 0.404. The number of carbonyl (C=O) groups excluding carboxylic acids is 3. The Bertz CT molecular complexity index is 608. The van der Waals surface area contributed by atoms with Gasteiger partial charge in [-0.05, 0) is 45.9 Å². The zero-order valence-corrected chi connectivity index (χ0v) is 14.7. The van der Waals surface area contributed by atoms with Gasteiger partial charge >= 0.3 is 6.09 Å². The number of amides is 3. The topological polar surface area (TPSA) is 96.5 Å². The molecule has 0 aliphatic heterocycles. The van der Waals surface area contributed by atoms with Crippen LogP contribution in [0.1, 0.15) is 45.0 Å². The quantitative estimate of drug-likeness (QED) is 0.769. The van der Waals surface area contributed by atoms with Crippen LogP contribution in [0.5, 0.6) is 0 Å². The highest BCUT2D eigenvalue weighted by Crippen LogP contribution is 2.11. The summed E-state index contributed by atoms with van der Waals surface area (Å²) in [6.45, 7) is 8.75. The van der Waals surface area contributed by atoms with E-state index in [0.29, 0.717) is 11.3 Å². The number of hydrogen-bond acceptors (Lipinski definition) is 4. The molecule has 0 fully saturated rings. The first-order valence-corrected chi connectivity index (χ1v) is 7.72. The van der Waals surface area contributed by atoms with Crippen LogP contribution < -0.4 is 16.0 Å². The van der Waals surface area contributed by atoms with Crippen molar-refractivity contribution >= 4 is 23.6 Å². The minimum atomic E-state index is -0.569. The van der Waals surface area contributed by atoms with Gasteiger partial charge in [0.2, 0.25) is 5.91 Å². The van der Waals surface area contributed by atoms with Gasteiger partial charge in [-0.1, -0.05) is 6.07 Å². The highest BCUT2D eigenvalue weighted by molar-refractivity contribution is 5.96. The molecule has 0 aliphatic carbocycles. The highest BCUT2D eigenvalue weighted by Gasteiger charge is 2.17. The molecule has 1 atom stereocenters. The van der Waals surface area contributed by atoms with E-state index in [1.807, 2.05) is 0 Å². The molecule has 132 valence electrons. The van der Waals surface area contributed by atoms with Crippen molar-refractivity contribution in [1.82, 2.24) is 10.6 Å². The van der Waals surface area contributed by atoms with Gasteiger partial charge < -0.3 is 20.7 Å². The lowest BCUT2D eigenvalue weighted by Gasteiger charge is -2.21. The molecule has 0 radical (unpaired) electrons.